The van der Waals surface area contributed by atoms with Crippen molar-refractivity contribution in [2.45, 2.75) is 6.42 Å². The van der Waals surface area contributed by atoms with Crippen molar-refractivity contribution in [1.29, 1.82) is 0 Å². The molecule has 0 amide bonds. The molecule has 0 saturated heterocycles. The van der Waals surface area contributed by atoms with Crippen LogP contribution in [-0.2, 0) is 6.42 Å². The van der Waals surface area contributed by atoms with E-state index in [0.717, 1.165) is 23.5 Å². The number of methoxy groups -OCH3 is 2. The highest BCUT2D eigenvalue weighted by atomic mass is 16.5. The van der Waals surface area contributed by atoms with Gasteiger partial charge < -0.3 is 9.47 Å². The summed E-state index contributed by atoms with van der Waals surface area (Å²) in [7, 11) is 3.28. The molecule has 1 radical (unpaired) electrons. The van der Waals surface area contributed by atoms with Gasteiger partial charge in [-0.2, -0.15) is 0 Å². The average molecular weight is 165 g/mol. The van der Waals surface area contributed by atoms with Crippen molar-refractivity contribution in [1.82, 2.24) is 0 Å². The van der Waals surface area contributed by atoms with Gasteiger partial charge in [0.2, 0.25) is 0 Å². The molecule has 65 valence electrons. The normalized spacial score (nSPS) is 9.58. The smallest absolute Gasteiger partial charge is 0.125 e. The maximum Gasteiger partial charge on any atom is 0.125 e. The average Bonchev–Trinajstić information content (AvgIpc) is 2.16. The van der Waals surface area contributed by atoms with Crippen molar-refractivity contribution in [3.63, 3.8) is 0 Å². The second kappa shape index (κ2) is 4.00. The molecule has 0 aliphatic rings. The summed E-state index contributed by atoms with van der Waals surface area (Å²) in [5.74, 6) is 1.65. The van der Waals surface area contributed by atoms with Gasteiger partial charge in [-0.1, -0.05) is 6.07 Å². The van der Waals surface area contributed by atoms with Crippen molar-refractivity contribution in [3.05, 3.63) is 30.7 Å². The quantitative estimate of drug-likeness (QED) is 0.682. The Kier molecular flexibility index (Phi) is 2.97. The van der Waals surface area contributed by atoms with Crippen LogP contribution in [-0.4, -0.2) is 14.2 Å². The van der Waals surface area contributed by atoms with Crippen LogP contribution in [0.25, 0.3) is 0 Å². The van der Waals surface area contributed by atoms with Crippen LogP contribution < -0.4 is 9.47 Å². The first-order valence-electron chi connectivity index (χ1n) is 3.82. The van der Waals surface area contributed by atoms with Gasteiger partial charge in [0.25, 0.3) is 0 Å². The van der Waals surface area contributed by atoms with Crippen molar-refractivity contribution in [2.75, 3.05) is 14.2 Å². The summed E-state index contributed by atoms with van der Waals surface area (Å²) in [6.45, 7) is 3.80. The molecular formula is C10H13O2. The Hall–Kier alpha value is -1.18. The van der Waals surface area contributed by atoms with Gasteiger partial charge in [-0.3, -0.25) is 0 Å². The fraction of sp³-hybridized carbons (Fsp3) is 0.300. The van der Waals surface area contributed by atoms with Gasteiger partial charge in [0.05, 0.1) is 14.2 Å². The van der Waals surface area contributed by atoms with E-state index in [2.05, 4.69) is 6.92 Å². The summed E-state index contributed by atoms with van der Waals surface area (Å²) < 4.78 is 10.2. The van der Waals surface area contributed by atoms with E-state index in [9.17, 15) is 0 Å². The summed E-state index contributed by atoms with van der Waals surface area (Å²) in [4.78, 5) is 0. The van der Waals surface area contributed by atoms with E-state index < -0.39 is 0 Å². The zero-order valence-electron chi connectivity index (χ0n) is 7.46. The first-order chi connectivity index (χ1) is 5.81. The van der Waals surface area contributed by atoms with E-state index in [1.165, 1.54) is 0 Å². The number of ether oxygens (including phenoxy) is 2. The molecule has 0 spiro atoms. The highest BCUT2D eigenvalue weighted by Gasteiger charge is 2.01. The molecule has 1 rings (SSSR count). The van der Waals surface area contributed by atoms with Crippen molar-refractivity contribution >= 4 is 0 Å². The fourth-order valence-electron chi connectivity index (χ4n) is 1.06. The third kappa shape index (κ3) is 1.70. The Morgan fingerprint density at radius 3 is 2.50 bits per heavy atom. The summed E-state index contributed by atoms with van der Waals surface area (Å²) in [5, 5.41) is 0. The molecular weight excluding hydrogens is 152 g/mol. The highest BCUT2D eigenvalue weighted by Crippen LogP contribution is 2.24. The van der Waals surface area contributed by atoms with Crippen LogP contribution in [0.1, 0.15) is 5.56 Å². The molecule has 0 fully saturated rings. The first-order valence-corrected chi connectivity index (χ1v) is 3.82. The molecule has 12 heavy (non-hydrogen) atoms. The van der Waals surface area contributed by atoms with Gasteiger partial charge >= 0.3 is 0 Å². The molecule has 0 saturated carbocycles. The van der Waals surface area contributed by atoms with E-state index in [0.29, 0.717) is 0 Å². The van der Waals surface area contributed by atoms with Crippen LogP contribution in [0.15, 0.2) is 18.2 Å². The monoisotopic (exact) mass is 165 g/mol. The second-order valence-electron chi connectivity index (χ2n) is 2.43. The molecule has 2 heteroatoms. The van der Waals surface area contributed by atoms with Crippen LogP contribution in [0.2, 0.25) is 0 Å². The van der Waals surface area contributed by atoms with Gasteiger partial charge in [-0.25, -0.2) is 0 Å². The minimum Gasteiger partial charge on any atom is -0.497 e. The summed E-state index contributed by atoms with van der Waals surface area (Å²) in [5.41, 5.74) is 1.10. The topological polar surface area (TPSA) is 18.5 Å². The molecule has 2 nitrogen and oxygen atoms in total. The zero-order valence-corrected chi connectivity index (χ0v) is 7.46. The minimum absolute atomic E-state index is 0.729. The first kappa shape index (κ1) is 8.91. The number of hydrogen-bond acceptors (Lipinski definition) is 2. The Morgan fingerprint density at radius 1 is 1.25 bits per heavy atom. The summed E-state index contributed by atoms with van der Waals surface area (Å²) >= 11 is 0. The van der Waals surface area contributed by atoms with Crippen molar-refractivity contribution in [3.8, 4) is 11.5 Å². The third-order valence-corrected chi connectivity index (χ3v) is 1.76. The molecule has 1 aromatic carbocycles. The fourth-order valence-corrected chi connectivity index (χ4v) is 1.06. The molecule has 0 bridgehead atoms. The predicted octanol–water partition coefficient (Wildman–Crippen LogP) is 2.08. The zero-order chi connectivity index (χ0) is 8.97. The molecule has 1 aromatic rings. The number of hydrogen-bond donors (Lipinski definition) is 0. The summed E-state index contributed by atoms with van der Waals surface area (Å²) in [6.07, 6.45) is 0.729. The van der Waals surface area contributed by atoms with E-state index >= 15 is 0 Å². The maximum atomic E-state index is 5.16. The van der Waals surface area contributed by atoms with E-state index in [4.69, 9.17) is 9.47 Å². The molecule has 0 aromatic heterocycles. The van der Waals surface area contributed by atoms with Gasteiger partial charge in [-0.05, 0) is 25.0 Å². The van der Waals surface area contributed by atoms with Crippen LogP contribution in [0.3, 0.4) is 0 Å². The second-order valence-corrected chi connectivity index (χ2v) is 2.43. The Labute approximate surface area is 73.1 Å². The molecule has 0 aliphatic heterocycles. The predicted molar refractivity (Wildman–Crippen MR) is 48.6 cm³/mol. The lowest BCUT2D eigenvalue weighted by atomic mass is 10.1. The Morgan fingerprint density at radius 2 is 2.00 bits per heavy atom. The Balaban J connectivity index is 3.02. The summed E-state index contributed by atoms with van der Waals surface area (Å²) in [6, 6.07) is 5.73. The molecule has 0 N–H and O–H groups in total. The Bertz CT molecular complexity index is 256. The van der Waals surface area contributed by atoms with Crippen molar-refractivity contribution < 1.29 is 9.47 Å². The maximum absolute atomic E-state index is 5.16. The van der Waals surface area contributed by atoms with Crippen LogP contribution in [0.5, 0.6) is 11.5 Å². The number of benzene rings is 1. The number of rotatable bonds is 3. The van der Waals surface area contributed by atoms with Crippen LogP contribution in [0.4, 0.5) is 0 Å². The van der Waals surface area contributed by atoms with Gasteiger partial charge in [0.15, 0.2) is 0 Å². The van der Waals surface area contributed by atoms with Gasteiger partial charge in [0.1, 0.15) is 11.5 Å². The largest absolute Gasteiger partial charge is 0.497 e. The van der Waals surface area contributed by atoms with Gasteiger partial charge in [0, 0.05) is 6.07 Å². The lowest BCUT2D eigenvalue weighted by Crippen LogP contribution is -1.91. The van der Waals surface area contributed by atoms with E-state index in [1.54, 1.807) is 14.2 Å². The van der Waals surface area contributed by atoms with E-state index in [1.807, 2.05) is 18.2 Å². The van der Waals surface area contributed by atoms with Crippen molar-refractivity contribution in [2.24, 2.45) is 0 Å². The molecule has 0 heterocycles. The third-order valence-electron chi connectivity index (χ3n) is 1.76. The standard InChI is InChI=1S/C10H13O2/c1-4-8-5-6-9(11-2)7-10(8)12-3/h5-7H,1,4H2,2-3H3. The van der Waals surface area contributed by atoms with Gasteiger partial charge in [-0.15, -0.1) is 0 Å². The molecule has 0 atom stereocenters. The SMILES string of the molecule is [CH2]Cc1ccc(OC)cc1OC. The van der Waals surface area contributed by atoms with E-state index in [-0.39, 0.29) is 0 Å². The van der Waals surface area contributed by atoms with Crippen LogP contribution >= 0.6 is 0 Å². The lowest BCUT2D eigenvalue weighted by Gasteiger charge is -2.07. The molecule has 0 aliphatic carbocycles. The lowest BCUT2D eigenvalue weighted by molar-refractivity contribution is 0.391. The molecule has 0 unspecified atom stereocenters. The highest BCUT2D eigenvalue weighted by molar-refractivity contribution is 5.40. The van der Waals surface area contributed by atoms with Crippen LogP contribution in [0, 0.1) is 6.92 Å². The minimum atomic E-state index is 0.729.